The van der Waals surface area contributed by atoms with Gasteiger partial charge < -0.3 is 11.1 Å². The first-order valence-electron chi connectivity index (χ1n) is 5.97. The number of amides is 1. The minimum atomic E-state index is -0.444. The molecule has 1 amide bonds. The third kappa shape index (κ3) is 3.12. The molecule has 2 rings (SSSR count). The molecule has 5 heteroatoms. The molecular weight excluding hydrogens is 258 g/mol. The summed E-state index contributed by atoms with van der Waals surface area (Å²) in [5.74, 6) is -0.0336. The number of carbonyl (C=O) groups excluding carboxylic acids is 1. The Balaban J connectivity index is 2.39. The molecule has 100 valence electrons. The molecule has 0 aliphatic heterocycles. The summed E-state index contributed by atoms with van der Waals surface area (Å²) >= 11 is 1.51. The number of hydrogen-bond acceptors (Lipinski definition) is 4. The van der Waals surface area contributed by atoms with E-state index in [0.717, 1.165) is 16.9 Å². The first kappa shape index (κ1) is 13.5. The van der Waals surface area contributed by atoms with Gasteiger partial charge in [-0.3, -0.25) is 4.79 Å². The van der Waals surface area contributed by atoms with Crippen molar-refractivity contribution in [3.8, 4) is 11.3 Å². The molecule has 0 fully saturated rings. The van der Waals surface area contributed by atoms with E-state index in [-0.39, 0.29) is 5.91 Å². The zero-order valence-electron chi connectivity index (χ0n) is 11.2. The molecule has 3 N–H and O–H groups in total. The Morgan fingerprint density at radius 2 is 2.11 bits per heavy atom. The lowest BCUT2D eigenvalue weighted by molar-refractivity contribution is -0.123. The second-order valence-corrected chi connectivity index (χ2v) is 6.10. The molecule has 0 spiro atoms. The van der Waals surface area contributed by atoms with Crippen LogP contribution in [0.15, 0.2) is 29.1 Å². The molecule has 19 heavy (non-hydrogen) atoms. The second-order valence-electron chi connectivity index (χ2n) is 5.38. The minimum Gasteiger partial charge on any atom is -0.399 e. The van der Waals surface area contributed by atoms with Crippen molar-refractivity contribution < 1.29 is 4.79 Å². The Morgan fingerprint density at radius 1 is 1.37 bits per heavy atom. The van der Waals surface area contributed by atoms with Crippen LogP contribution in [-0.2, 0) is 4.79 Å². The van der Waals surface area contributed by atoms with Crippen LogP contribution in [0, 0.1) is 5.41 Å². The number of rotatable bonds is 2. The normalized spacial score (nSPS) is 11.3. The van der Waals surface area contributed by atoms with Gasteiger partial charge in [0, 0.05) is 22.0 Å². The molecule has 0 saturated heterocycles. The maximum Gasteiger partial charge on any atom is 0.229 e. The summed E-state index contributed by atoms with van der Waals surface area (Å²) in [6, 6.07) is 5.41. The van der Waals surface area contributed by atoms with Crippen LogP contribution >= 0.6 is 11.3 Å². The molecule has 0 atom stereocenters. The lowest BCUT2D eigenvalue weighted by Gasteiger charge is -2.19. The molecule has 0 radical (unpaired) electrons. The molecule has 0 saturated carbocycles. The molecule has 4 nitrogen and oxygen atoms in total. The van der Waals surface area contributed by atoms with E-state index < -0.39 is 5.41 Å². The number of hydrogen-bond donors (Lipinski definition) is 2. The Morgan fingerprint density at radius 3 is 2.68 bits per heavy atom. The molecule has 0 bridgehead atoms. The quantitative estimate of drug-likeness (QED) is 0.826. The monoisotopic (exact) mass is 275 g/mol. The van der Waals surface area contributed by atoms with E-state index in [2.05, 4.69) is 10.3 Å². The van der Waals surface area contributed by atoms with E-state index in [1.165, 1.54) is 11.3 Å². The molecule has 2 aromatic rings. The zero-order chi connectivity index (χ0) is 14.0. The summed E-state index contributed by atoms with van der Waals surface area (Å²) in [6.45, 7) is 5.63. The average Bonchev–Trinajstić information content (AvgIpc) is 2.83. The van der Waals surface area contributed by atoms with Crippen LogP contribution in [0.2, 0.25) is 0 Å². The SMILES string of the molecule is CC(C)(C)C(=O)Nc1ccc(N)cc1-c1cscn1. The Labute approximate surface area is 116 Å². The van der Waals surface area contributed by atoms with Crippen LogP contribution in [0.25, 0.3) is 11.3 Å². The van der Waals surface area contributed by atoms with Crippen molar-refractivity contribution in [1.29, 1.82) is 0 Å². The number of anilines is 2. The van der Waals surface area contributed by atoms with Gasteiger partial charge in [-0.25, -0.2) is 4.98 Å². The molecule has 1 heterocycles. The fourth-order valence-electron chi connectivity index (χ4n) is 1.54. The standard InChI is InChI=1S/C14H17N3OS/c1-14(2,3)13(18)17-11-5-4-9(15)6-10(11)12-7-19-8-16-12/h4-8H,15H2,1-3H3,(H,17,18). The molecule has 1 aromatic heterocycles. The van der Waals surface area contributed by atoms with Crippen molar-refractivity contribution in [3.63, 3.8) is 0 Å². The van der Waals surface area contributed by atoms with Crippen molar-refractivity contribution in [1.82, 2.24) is 4.98 Å². The predicted molar refractivity (Wildman–Crippen MR) is 80.0 cm³/mol. The van der Waals surface area contributed by atoms with Gasteiger partial charge in [0.15, 0.2) is 0 Å². The van der Waals surface area contributed by atoms with Crippen LogP contribution < -0.4 is 11.1 Å². The summed E-state index contributed by atoms with van der Waals surface area (Å²) in [6.07, 6.45) is 0. The summed E-state index contributed by atoms with van der Waals surface area (Å²) in [7, 11) is 0. The highest BCUT2D eigenvalue weighted by Crippen LogP contribution is 2.31. The van der Waals surface area contributed by atoms with E-state index in [1.54, 1.807) is 11.6 Å². The molecule has 0 unspecified atom stereocenters. The number of aromatic nitrogens is 1. The zero-order valence-corrected chi connectivity index (χ0v) is 12.0. The van der Waals surface area contributed by atoms with Crippen LogP contribution in [0.1, 0.15) is 20.8 Å². The second kappa shape index (κ2) is 5.01. The van der Waals surface area contributed by atoms with Crippen LogP contribution in [0.4, 0.5) is 11.4 Å². The molecular formula is C14H17N3OS. The van der Waals surface area contributed by atoms with Gasteiger partial charge in [-0.05, 0) is 18.2 Å². The smallest absolute Gasteiger partial charge is 0.229 e. The van der Waals surface area contributed by atoms with Gasteiger partial charge in [-0.2, -0.15) is 0 Å². The van der Waals surface area contributed by atoms with Gasteiger partial charge in [0.05, 0.1) is 16.9 Å². The molecule has 0 aliphatic rings. The average molecular weight is 275 g/mol. The van der Waals surface area contributed by atoms with Gasteiger partial charge in [-0.15, -0.1) is 11.3 Å². The first-order chi connectivity index (χ1) is 8.88. The van der Waals surface area contributed by atoms with Gasteiger partial charge in [-0.1, -0.05) is 20.8 Å². The van der Waals surface area contributed by atoms with Crippen LogP contribution in [-0.4, -0.2) is 10.9 Å². The van der Waals surface area contributed by atoms with E-state index in [9.17, 15) is 4.79 Å². The van der Waals surface area contributed by atoms with Crippen molar-refractivity contribution in [2.45, 2.75) is 20.8 Å². The number of nitrogen functional groups attached to an aromatic ring is 1. The first-order valence-corrected chi connectivity index (χ1v) is 6.92. The maximum atomic E-state index is 12.1. The Bertz CT molecular complexity index is 585. The van der Waals surface area contributed by atoms with Crippen molar-refractivity contribution in [2.75, 3.05) is 11.1 Å². The number of thiazole rings is 1. The van der Waals surface area contributed by atoms with Gasteiger partial charge in [0.1, 0.15) is 0 Å². The largest absolute Gasteiger partial charge is 0.399 e. The Hall–Kier alpha value is -1.88. The van der Waals surface area contributed by atoms with Gasteiger partial charge >= 0.3 is 0 Å². The lowest BCUT2D eigenvalue weighted by Crippen LogP contribution is -2.27. The van der Waals surface area contributed by atoms with Crippen molar-refractivity contribution in [2.24, 2.45) is 5.41 Å². The van der Waals surface area contributed by atoms with Crippen LogP contribution in [0.3, 0.4) is 0 Å². The summed E-state index contributed by atoms with van der Waals surface area (Å²) in [4.78, 5) is 16.3. The van der Waals surface area contributed by atoms with Gasteiger partial charge in [0.2, 0.25) is 5.91 Å². The fraction of sp³-hybridized carbons (Fsp3) is 0.286. The van der Waals surface area contributed by atoms with E-state index in [0.29, 0.717) is 5.69 Å². The van der Waals surface area contributed by atoms with E-state index >= 15 is 0 Å². The van der Waals surface area contributed by atoms with Gasteiger partial charge in [0.25, 0.3) is 0 Å². The molecule has 1 aromatic carbocycles. The summed E-state index contributed by atoms with van der Waals surface area (Å²) in [5.41, 5.74) is 10.2. The summed E-state index contributed by atoms with van der Waals surface area (Å²) in [5, 5.41) is 4.87. The topological polar surface area (TPSA) is 68.0 Å². The Kier molecular flexibility index (Phi) is 3.57. The number of nitrogens with two attached hydrogens (primary N) is 1. The van der Waals surface area contributed by atoms with E-state index in [4.69, 9.17) is 5.73 Å². The predicted octanol–water partition coefficient (Wildman–Crippen LogP) is 3.38. The third-order valence-corrected chi connectivity index (χ3v) is 3.27. The summed E-state index contributed by atoms with van der Waals surface area (Å²) < 4.78 is 0. The highest BCUT2D eigenvalue weighted by molar-refractivity contribution is 7.07. The van der Waals surface area contributed by atoms with E-state index in [1.807, 2.05) is 38.3 Å². The van der Waals surface area contributed by atoms with Crippen molar-refractivity contribution >= 4 is 28.6 Å². The van der Waals surface area contributed by atoms with Crippen molar-refractivity contribution in [3.05, 3.63) is 29.1 Å². The highest BCUT2D eigenvalue weighted by atomic mass is 32.1. The molecule has 0 aliphatic carbocycles. The fourth-order valence-corrected chi connectivity index (χ4v) is 2.09. The minimum absolute atomic E-state index is 0.0336. The highest BCUT2D eigenvalue weighted by Gasteiger charge is 2.22. The number of carbonyl (C=O) groups is 1. The number of nitrogens with zero attached hydrogens (tertiary/aromatic N) is 1. The lowest BCUT2D eigenvalue weighted by atomic mass is 9.95. The van der Waals surface area contributed by atoms with Crippen LogP contribution in [0.5, 0.6) is 0 Å². The number of benzene rings is 1. The third-order valence-electron chi connectivity index (χ3n) is 2.68. The maximum absolute atomic E-state index is 12.1. The number of nitrogens with one attached hydrogen (secondary N) is 1.